The molecule has 0 aliphatic heterocycles. The number of aromatic amines is 2. The van der Waals surface area contributed by atoms with Gasteiger partial charge in [0.1, 0.15) is 0 Å². The van der Waals surface area contributed by atoms with Crippen LogP contribution >= 0.6 is 11.3 Å². The highest BCUT2D eigenvalue weighted by Crippen LogP contribution is 2.47. The smallest absolute Gasteiger partial charge is 0.219 e. The number of H-pyrrole nitrogens is 2. The Morgan fingerprint density at radius 2 is 1.58 bits per heavy atom. The predicted molar refractivity (Wildman–Crippen MR) is 140 cm³/mol. The Morgan fingerprint density at radius 3 is 2.42 bits per heavy atom. The first kappa shape index (κ1) is 25.0. The topological polar surface area (TPSA) is 41.2 Å². The van der Waals surface area contributed by atoms with Crippen LogP contribution in [0.4, 0.5) is 0 Å². The minimum atomic E-state index is 0. The molecule has 0 saturated heterocycles. The van der Waals surface area contributed by atoms with Crippen molar-refractivity contribution in [2.75, 3.05) is 0 Å². The van der Waals surface area contributed by atoms with Crippen LogP contribution in [0.1, 0.15) is 17.0 Å². The van der Waals surface area contributed by atoms with Crippen molar-refractivity contribution >= 4 is 53.2 Å². The molecule has 3 nitrogen and oxygen atoms in total. The van der Waals surface area contributed by atoms with E-state index in [1.165, 1.54) is 53.0 Å². The zero-order valence-electron chi connectivity index (χ0n) is 19.1. The fraction of sp³-hybridized carbons (Fsp3) is 0.0333. The first-order valence-electron chi connectivity index (χ1n) is 11.4. The third-order valence-corrected chi connectivity index (χ3v) is 7.97. The normalized spacial score (nSPS) is 12.0. The standard InChI is InChI=1S/C30H19N3S.2HI/c1-2-18(19-13-16-31-17-23(19)24-9-3-4-14-32-24)21-11-12-26-29-27-20(7-5-10-25(27)34-26)22-8-6-15-33-30(22)28(21)29;;/h2-18H,1H2;2*1H. The highest BCUT2D eigenvalue weighted by Gasteiger charge is 2.26. The van der Waals surface area contributed by atoms with Gasteiger partial charge in [-0.25, -0.2) is 9.97 Å². The quantitative estimate of drug-likeness (QED) is 0.152. The molecule has 0 fully saturated rings. The van der Waals surface area contributed by atoms with E-state index in [1.54, 1.807) is 0 Å². The van der Waals surface area contributed by atoms with Crippen LogP contribution in [0.15, 0.2) is 104 Å². The molecule has 0 saturated carbocycles. The molecule has 1 unspecified atom stereocenters. The van der Waals surface area contributed by atoms with Crippen molar-refractivity contribution in [3.63, 3.8) is 0 Å². The van der Waals surface area contributed by atoms with Crippen molar-refractivity contribution in [3.8, 4) is 11.3 Å². The lowest BCUT2D eigenvalue weighted by Crippen LogP contribution is -3.00. The van der Waals surface area contributed by atoms with E-state index < -0.39 is 0 Å². The molecular formula is C30H21I2N3S. The van der Waals surface area contributed by atoms with Crippen molar-refractivity contribution in [2.24, 2.45) is 0 Å². The summed E-state index contributed by atoms with van der Waals surface area (Å²) < 4.78 is 2.65. The first-order valence-corrected chi connectivity index (χ1v) is 12.2. The lowest BCUT2D eigenvalue weighted by Gasteiger charge is -2.18. The fourth-order valence-electron chi connectivity index (χ4n) is 5.43. The molecule has 4 heterocycles. The summed E-state index contributed by atoms with van der Waals surface area (Å²) in [4.78, 5) is 11.4. The lowest BCUT2D eigenvalue weighted by molar-refractivity contribution is -0.364. The summed E-state index contributed by atoms with van der Waals surface area (Å²) in [5, 5.41) is 6.54. The summed E-state index contributed by atoms with van der Waals surface area (Å²) in [6, 6.07) is 23.8. The summed E-state index contributed by atoms with van der Waals surface area (Å²) >= 11 is 1.87. The maximum absolute atomic E-state index is 4.44. The summed E-state index contributed by atoms with van der Waals surface area (Å²) in [7, 11) is 0. The number of nitrogens with zero attached hydrogens (tertiary/aromatic N) is 1. The van der Waals surface area contributed by atoms with Crippen LogP contribution in [0.5, 0.6) is 0 Å². The highest BCUT2D eigenvalue weighted by atomic mass is 127. The van der Waals surface area contributed by atoms with Crippen LogP contribution in [-0.4, -0.2) is 4.98 Å². The van der Waals surface area contributed by atoms with Gasteiger partial charge < -0.3 is 48.0 Å². The molecule has 176 valence electrons. The minimum Gasteiger partial charge on any atom is -1.00 e. The SMILES string of the molecule is C=CC(c1ccncc1-c1cccc[nH+]1)c1ccc2sc3cccc4c5ccc[nH+]c5c1c2c34.[I-].[I-]. The molecule has 0 spiro atoms. The van der Waals surface area contributed by atoms with E-state index in [-0.39, 0.29) is 53.9 Å². The molecule has 4 aromatic heterocycles. The number of pyridine rings is 3. The third-order valence-electron chi connectivity index (χ3n) is 6.85. The Morgan fingerprint density at radius 1 is 0.750 bits per heavy atom. The number of hydrogen-bond acceptors (Lipinski definition) is 2. The minimum absolute atomic E-state index is 0. The lowest BCUT2D eigenvalue weighted by atomic mass is 9.83. The van der Waals surface area contributed by atoms with Crippen LogP contribution in [-0.2, 0) is 0 Å². The molecule has 7 rings (SSSR count). The van der Waals surface area contributed by atoms with E-state index in [0.29, 0.717) is 0 Å². The zero-order valence-corrected chi connectivity index (χ0v) is 24.3. The molecule has 1 atom stereocenters. The van der Waals surface area contributed by atoms with E-state index in [4.69, 9.17) is 0 Å². The van der Waals surface area contributed by atoms with Gasteiger partial charge in [0.25, 0.3) is 0 Å². The number of fused-ring (bicyclic) bond motifs is 3. The van der Waals surface area contributed by atoms with Gasteiger partial charge in [-0.2, -0.15) is 0 Å². The maximum Gasteiger partial charge on any atom is 0.219 e. The maximum atomic E-state index is 4.44. The second-order valence-corrected chi connectivity index (χ2v) is 9.68. The monoisotopic (exact) mass is 709 g/mol. The molecular weight excluding hydrogens is 688 g/mol. The number of aromatic nitrogens is 3. The largest absolute Gasteiger partial charge is 1.00 e. The summed E-state index contributed by atoms with van der Waals surface area (Å²) in [6.07, 6.45) is 9.86. The Bertz CT molecular complexity index is 1850. The molecule has 7 aromatic rings. The summed E-state index contributed by atoms with van der Waals surface area (Å²) in [6.45, 7) is 4.29. The first-order chi connectivity index (χ1) is 16.8. The molecule has 6 heteroatoms. The number of nitrogens with one attached hydrogen (secondary N) is 2. The molecule has 2 N–H and O–H groups in total. The molecule has 3 aromatic carbocycles. The van der Waals surface area contributed by atoms with Crippen molar-refractivity contribution in [3.05, 3.63) is 115 Å². The number of rotatable bonds is 4. The van der Waals surface area contributed by atoms with E-state index in [9.17, 15) is 0 Å². The number of thiophene rings is 1. The van der Waals surface area contributed by atoms with Crippen molar-refractivity contribution in [1.29, 1.82) is 0 Å². The molecule has 0 aliphatic rings. The fourth-order valence-corrected chi connectivity index (χ4v) is 6.57. The molecule has 36 heavy (non-hydrogen) atoms. The van der Waals surface area contributed by atoms with Crippen LogP contribution in [0.25, 0.3) is 53.1 Å². The van der Waals surface area contributed by atoms with Crippen molar-refractivity contribution in [1.82, 2.24) is 4.98 Å². The number of hydrogen-bond donors (Lipinski definition) is 0. The van der Waals surface area contributed by atoms with Gasteiger partial charge >= 0.3 is 0 Å². The van der Waals surface area contributed by atoms with Gasteiger partial charge in [0.05, 0.1) is 16.3 Å². The average Bonchev–Trinajstić information content (AvgIpc) is 3.29. The Kier molecular flexibility index (Phi) is 6.93. The summed E-state index contributed by atoms with van der Waals surface area (Å²) in [5.74, 6) is 0.00711. The molecule has 0 aliphatic carbocycles. The second kappa shape index (κ2) is 9.99. The number of benzene rings is 3. The number of allylic oxidation sites excluding steroid dienone is 1. The van der Waals surface area contributed by atoms with Crippen LogP contribution < -0.4 is 57.9 Å². The van der Waals surface area contributed by atoms with E-state index in [1.807, 2.05) is 48.3 Å². The van der Waals surface area contributed by atoms with Gasteiger partial charge in [-0.05, 0) is 46.8 Å². The molecule has 0 radical (unpaired) electrons. The van der Waals surface area contributed by atoms with E-state index in [0.717, 1.165) is 11.3 Å². The Labute approximate surface area is 246 Å². The van der Waals surface area contributed by atoms with Crippen molar-refractivity contribution < 1.29 is 57.9 Å². The van der Waals surface area contributed by atoms with Gasteiger partial charge in [0.2, 0.25) is 11.2 Å². The van der Waals surface area contributed by atoms with Gasteiger partial charge in [-0.3, -0.25) is 4.98 Å². The predicted octanol–water partition coefficient (Wildman–Crippen LogP) is 0.815. The van der Waals surface area contributed by atoms with E-state index in [2.05, 4.69) is 82.2 Å². The zero-order chi connectivity index (χ0) is 22.6. The van der Waals surface area contributed by atoms with Gasteiger partial charge in [0, 0.05) is 56.7 Å². The van der Waals surface area contributed by atoms with E-state index >= 15 is 0 Å². The summed E-state index contributed by atoms with van der Waals surface area (Å²) in [5.41, 5.74) is 5.75. The molecule has 0 amide bonds. The van der Waals surface area contributed by atoms with Crippen LogP contribution in [0.3, 0.4) is 0 Å². The second-order valence-electron chi connectivity index (χ2n) is 8.60. The van der Waals surface area contributed by atoms with Gasteiger partial charge in [0.15, 0.2) is 12.4 Å². The average molecular weight is 709 g/mol. The number of halogens is 2. The van der Waals surface area contributed by atoms with Crippen molar-refractivity contribution in [2.45, 2.75) is 5.92 Å². The highest BCUT2D eigenvalue weighted by molar-refractivity contribution is 7.26. The molecule has 0 bridgehead atoms. The Balaban J connectivity index is 0.00000133. The Hall–Kier alpha value is -2.69. The van der Waals surface area contributed by atoms with Gasteiger partial charge in [-0.15, -0.1) is 17.9 Å². The van der Waals surface area contributed by atoms with Crippen LogP contribution in [0.2, 0.25) is 0 Å². The van der Waals surface area contributed by atoms with Crippen LogP contribution in [0, 0.1) is 0 Å². The third kappa shape index (κ3) is 3.69. The van der Waals surface area contributed by atoms with Gasteiger partial charge in [-0.1, -0.05) is 24.3 Å².